The van der Waals surface area contributed by atoms with Crippen LogP contribution in [0.25, 0.3) is 0 Å². The van der Waals surface area contributed by atoms with Crippen LogP contribution in [0.2, 0.25) is 0 Å². The Morgan fingerprint density at radius 3 is 2.10 bits per heavy atom. The van der Waals surface area contributed by atoms with E-state index in [0.717, 1.165) is 21.1 Å². The van der Waals surface area contributed by atoms with E-state index in [-0.39, 0.29) is 4.90 Å². The van der Waals surface area contributed by atoms with Crippen molar-refractivity contribution in [2.24, 2.45) is 5.10 Å². The molecule has 0 saturated carbocycles. The molecule has 0 saturated heterocycles. The van der Waals surface area contributed by atoms with Gasteiger partial charge in [-0.05, 0) is 37.6 Å². The first kappa shape index (κ1) is 19.3. The molecule has 3 aromatic rings. The van der Waals surface area contributed by atoms with Crippen LogP contribution in [0.15, 0.2) is 82.8 Å². The maximum Gasteiger partial charge on any atom is 0.279 e. The lowest BCUT2D eigenvalue weighted by Gasteiger charge is -2.23. The molecular weight excluding hydrogens is 387 g/mol. The van der Waals surface area contributed by atoms with Gasteiger partial charge in [-0.1, -0.05) is 65.7 Å². The Morgan fingerprint density at radius 1 is 0.897 bits per heavy atom. The Balaban J connectivity index is 1.82. The molecular formula is C23H21FN2O2S. The largest absolute Gasteiger partial charge is 0.279 e. The molecule has 1 aliphatic rings. The van der Waals surface area contributed by atoms with Crippen LogP contribution in [-0.2, 0) is 10.0 Å². The molecule has 0 N–H and O–H groups in total. The molecule has 1 atom stereocenters. The van der Waals surface area contributed by atoms with Crippen molar-refractivity contribution in [1.29, 1.82) is 0 Å². The van der Waals surface area contributed by atoms with Crippen molar-refractivity contribution < 1.29 is 12.8 Å². The zero-order valence-electron chi connectivity index (χ0n) is 16.2. The monoisotopic (exact) mass is 408 g/mol. The molecule has 0 aliphatic carbocycles. The zero-order chi connectivity index (χ0) is 20.6. The minimum Gasteiger partial charge on any atom is -0.207 e. The van der Waals surface area contributed by atoms with Gasteiger partial charge in [-0.25, -0.2) is 4.39 Å². The molecule has 0 amide bonds. The summed E-state index contributed by atoms with van der Waals surface area (Å²) in [6, 6.07) is 19.8. The average molecular weight is 408 g/mol. The van der Waals surface area contributed by atoms with Crippen LogP contribution in [0.5, 0.6) is 0 Å². The van der Waals surface area contributed by atoms with Crippen molar-refractivity contribution in [3.05, 3.63) is 101 Å². The number of hydrogen-bond acceptors (Lipinski definition) is 3. The second kappa shape index (κ2) is 7.44. The van der Waals surface area contributed by atoms with Gasteiger partial charge in [-0.15, -0.1) is 0 Å². The van der Waals surface area contributed by atoms with E-state index in [4.69, 9.17) is 0 Å². The smallest absolute Gasteiger partial charge is 0.207 e. The average Bonchev–Trinajstić information content (AvgIpc) is 3.15. The molecule has 0 aromatic heterocycles. The predicted molar refractivity (Wildman–Crippen MR) is 112 cm³/mol. The molecule has 148 valence electrons. The van der Waals surface area contributed by atoms with Gasteiger partial charge in [0, 0.05) is 12.0 Å². The molecule has 6 heteroatoms. The van der Waals surface area contributed by atoms with E-state index in [1.165, 1.54) is 6.07 Å². The highest BCUT2D eigenvalue weighted by molar-refractivity contribution is 7.89. The van der Waals surface area contributed by atoms with E-state index in [2.05, 4.69) is 5.10 Å². The molecule has 1 aliphatic heterocycles. The number of hydrogen-bond donors (Lipinski definition) is 0. The second-order valence-corrected chi connectivity index (χ2v) is 9.04. The van der Waals surface area contributed by atoms with E-state index < -0.39 is 21.9 Å². The van der Waals surface area contributed by atoms with Crippen molar-refractivity contribution >= 4 is 15.7 Å². The number of halogens is 1. The Kier molecular flexibility index (Phi) is 4.96. The van der Waals surface area contributed by atoms with E-state index in [9.17, 15) is 12.8 Å². The summed E-state index contributed by atoms with van der Waals surface area (Å²) in [4.78, 5) is 0.137. The lowest BCUT2D eigenvalue weighted by atomic mass is 9.98. The van der Waals surface area contributed by atoms with Crippen molar-refractivity contribution in [2.45, 2.75) is 31.2 Å². The fraction of sp³-hybridized carbons (Fsp3) is 0.174. The minimum atomic E-state index is -3.94. The summed E-state index contributed by atoms with van der Waals surface area (Å²) in [5, 5.41) is 4.45. The van der Waals surface area contributed by atoms with Crippen LogP contribution in [0.3, 0.4) is 0 Å². The first-order valence-corrected chi connectivity index (χ1v) is 10.8. The van der Waals surface area contributed by atoms with E-state index in [1.807, 2.05) is 38.1 Å². The lowest BCUT2D eigenvalue weighted by Crippen LogP contribution is -2.28. The summed E-state index contributed by atoms with van der Waals surface area (Å²) in [6.45, 7) is 3.87. The lowest BCUT2D eigenvalue weighted by molar-refractivity contribution is 0.362. The first-order chi connectivity index (χ1) is 13.9. The summed E-state index contributed by atoms with van der Waals surface area (Å²) >= 11 is 0. The third kappa shape index (κ3) is 3.68. The summed E-state index contributed by atoms with van der Waals surface area (Å²) in [7, 11) is -3.94. The molecule has 0 fully saturated rings. The molecule has 3 aromatic carbocycles. The van der Waals surface area contributed by atoms with Crippen molar-refractivity contribution in [3.8, 4) is 0 Å². The van der Waals surface area contributed by atoms with Gasteiger partial charge in [0.15, 0.2) is 0 Å². The van der Waals surface area contributed by atoms with Gasteiger partial charge in [0.2, 0.25) is 0 Å². The fourth-order valence-electron chi connectivity index (χ4n) is 3.43. The van der Waals surface area contributed by atoms with Crippen LogP contribution in [0.4, 0.5) is 4.39 Å². The van der Waals surface area contributed by atoms with Gasteiger partial charge in [0.05, 0.1) is 16.6 Å². The highest BCUT2D eigenvalue weighted by Crippen LogP contribution is 2.38. The second-order valence-electron chi connectivity index (χ2n) is 7.24. The molecule has 0 spiro atoms. The third-order valence-corrected chi connectivity index (χ3v) is 6.78. The van der Waals surface area contributed by atoms with Gasteiger partial charge in [0.1, 0.15) is 5.82 Å². The van der Waals surface area contributed by atoms with Gasteiger partial charge < -0.3 is 0 Å². The Bertz CT molecular complexity index is 1170. The molecule has 0 bridgehead atoms. The third-order valence-electron chi connectivity index (χ3n) is 5.09. The summed E-state index contributed by atoms with van der Waals surface area (Å²) in [5.41, 5.74) is 3.82. The molecule has 4 nitrogen and oxygen atoms in total. The summed E-state index contributed by atoms with van der Waals surface area (Å²) < 4.78 is 42.4. The fourth-order valence-corrected chi connectivity index (χ4v) is 4.85. The maximum absolute atomic E-state index is 14.6. The quantitative estimate of drug-likeness (QED) is 0.611. The maximum atomic E-state index is 14.6. The Morgan fingerprint density at radius 2 is 1.48 bits per heavy atom. The standard InChI is InChI=1S/C23H21FN2O2S/c1-16-7-11-18(12-8-16)22-15-23(20-5-3-4-6-21(20)24)26(25-22)29(27,28)19-13-9-17(2)10-14-19/h3-14,23H,15H2,1-2H3/t23-/m0/s1. The van der Waals surface area contributed by atoms with Gasteiger partial charge in [0.25, 0.3) is 10.0 Å². The highest BCUT2D eigenvalue weighted by Gasteiger charge is 2.38. The molecule has 29 heavy (non-hydrogen) atoms. The number of sulfonamides is 1. The van der Waals surface area contributed by atoms with Crippen LogP contribution in [0, 0.1) is 19.7 Å². The minimum absolute atomic E-state index is 0.137. The van der Waals surface area contributed by atoms with Crippen LogP contribution in [-0.4, -0.2) is 18.5 Å². The van der Waals surface area contributed by atoms with Gasteiger partial charge >= 0.3 is 0 Å². The first-order valence-electron chi connectivity index (χ1n) is 9.36. The molecule has 4 rings (SSSR count). The van der Waals surface area contributed by atoms with Crippen LogP contribution >= 0.6 is 0 Å². The molecule has 0 unspecified atom stereocenters. The molecule has 1 heterocycles. The normalized spacial score (nSPS) is 16.7. The highest BCUT2D eigenvalue weighted by atomic mass is 32.2. The number of benzene rings is 3. The SMILES string of the molecule is Cc1ccc(C2=NN(S(=O)(=O)c3ccc(C)cc3)[C@H](c3ccccc3F)C2)cc1. The zero-order valence-corrected chi connectivity index (χ0v) is 17.0. The van der Waals surface area contributed by atoms with E-state index in [0.29, 0.717) is 17.7 Å². The number of hydrazone groups is 1. The van der Waals surface area contributed by atoms with E-state index >= 15 is 0 Å². The Labute approximate surface area is 170 Å². The van der Waals surface area contributed by atoms with Crippen molar-refractivity contribution in [2.75, 3.05) is 0 Å². The van der Waals surface area contributed by atoms with Gasteiger partial charge in [-0.2, -0.15) is 17.9 Å². The predicted octanol–water partition coefficient (Wildman–Crippen LogP) is 4.98. The van der Waals surface area contributed by atoms with Crippen molar-refractivity contribution in [1.82, 2.24) is 4.41 Å². The van der Waals surface area contributed by atoms with Crippen LogP contribution in [0.1, 0.15) is 34.7 Å². The summed E-state index contributed by atoms with van der Waals surface area (Å²) in [6.07, 6.45) is 0.301. The number of aryl methyl sites for hydroxylation is 2. The summed E-state index contributed by atoms with van der Waals surface area (Å²) in [5.74, 6) is -0.443. The molecule has 0 radical (unpaired) electrons. The van der Waals surface area contributed by atoms with E-state index in [1.54, 1.807) is 42.5 Å². The number of rotatable bonds is 4. The number of nitrogens with zero attached hydrogens (tertiary/aromatic N) is 2. The Hall–Kier alpha value is -2.99. The van der Waals surface area contributed by atoms with Gasteiger partial charge in [-0.3, -0.25) is 0 Å². The van der Waals surface area contributed by atoms with Crippen LogP contribution < -0.4 is 0 Å². The topological polar surface area (TPSA) is 49.7 Å². The van der Waals surface area contributed by atoms with Crippen molar-refractivity contribution in [3.63, 3.8) is 0 Å².